The van der Waals surface area contributed by atoms with Crippen molar-refractivity contribution in [2.75, 3.05) is 19.6 Å². The SMILES string of the molecule is CCC(C)(CN)C(=O)N1CCNC(=O)C1C. The van der Waals surface area contributed by atoms with Gasteiger partial charge in [0.15, 0.2) is 0 Å². The van der Waals surface area contributed by atoms with Crippen LogP contribution in [0.15, 0.2) is 0 Å². The fourth-order valence-corrected chi connectivity index (χ4v) is 1.79. The van der Waals surface area contributed by atoms with Crippen molar-refractivity contribution in [2.45, 2.75) is 33.2 Å². The molecular weight excluding hydrogens is 206 g/mol. The van der Waals surface area contributed by atoms with Gasteiger partial charge in [-0.2, -0.15) is 0 Å². The minimum Gasteiger partial charge on any atom is -0.353 e. The molecule has 0 aromatic heterocycles. The predicted octanol–water partition coefficient (Wildman–Crippen LogP) is -0.292. The quantitative estimate of drug-likeness (QED) is 0.695. The van der Waals surface area contributed by atoms with Gasteiger partial charge >= 0.3 is 0 Å². The van der Waals surface area contributed by atoms with Gasteiger partial charge in [-0.3, -0.25) is 9.59 Å². The Hall–Kier alpha value is -1.10. The summed E-state index contributed by atoms with van der Waals surface area (Å²) < 4.78 is 0. The lowest BCUT2D eigenvalue weighted by atomic mass is 9.85. The first-order valence-corrected chi connectivity index (χ1v) is 5.75. The number of piperazine rings is 1. The fourth-order valence-electron chi connectivity index (χ4n) is 1.79. The van der Waals surface area contributed by atoms with Crippen molar-refractivity contribution in [3.63, 3.8) is 0 Å². The first kappa shape index (κ1) is 13.0. The van der Waals surface area contributed by atoms with E-state index in [1.165, 1.54) is 0 Å². The van der Waals surface area contributed by atoms with Crippen molar-refractivity contribution in [2.24, 2.45) is 11.1 Å². The van der Waals surface area contributed by atoms with E-state index in [0.717, 1.165) is 0 Å². The number of rotatable bonds is 3. The Labute approximate surface area is 96.4 Å². The van der Waals surface area contributed by atoms with E-state index in [2.05, 4.69) is 5.32 Å². The molecule has 1 saturated heterocycles. The van der Waals surface area contributed by atoms with Gasteiger partial charge in [-0.05, 0) is 20.3 Å². The van der Waals surface area contributed by atoms with Gasteiger partial charge in [0.25, 0.3) is 0 Å². The molecule has 16 heavy (non-hydrogen) atoms. The Bertz CT molecular complexity index is 287. The molecule has 0 aromatic rings. The predicted molar refractivity (Wildman–Crippen MR) is 61.6 cm³/mol. The molecule has 1 aliphatic heterocycles. The topological polar surface area (TPSA) is 75.4 Å². The molecule has 1 heterocycles. The van der Waals surface area contributed by atoms with Crippen LogP contribution in [-0.2, 0) is 9.59 Å². The van der Waals surface area contributed by atoms with Crippen molar-refractivity contribution >= 4 is 11.8 Å². The van der Waals surface area contributed by atoms with Crippen molar-refractivity contribution in [3.05, 3.63) is 0 Å². The molecule has 0 saturated carbocycles. The minimum absolute atomic E-state index is 0.0140. The first-order valence-electron chi connectivity index (χ1n) is 5.75. The van der Waals surface area contributed by atoms with Crippen LogP contribution >= 0.6 is 0 Å². The van der Waals surface area contributed by atoms with E-state index >= 15 is 0 Å². The first-order chi connectivity index (χ1) is 7.46. The van der Waals surface area contributed by atoms with Crippen molar-refractivity contribution in [3.8, 4) is 0 Å². The summed E-state index contributed by atoms with van der Waals surface area (Å²) in [7, 11) is 0. The molecule has 5 nitrogen and oxygen atoms in total. The lowest BCUT2D eigenvalue weighted by Gasteiger charge is -2.38. The fraction of sp³-hybridized carbons (Fsp3) is 0.818. The lowest BCUT2D eigenvalue weighted by molar-refractivity contribution is -0.149. The van der Waals surface area contributed by atoms with Gasteiger partial charge in [0, 0.05) is 19.6 Å². The third kappa shape index (κ3) is 2.19. The van der Waals surface area contributed by atoms with E-state index in [9.17, 15) is 9.59 Å². The Morgan fingerprint density at radius 3 is 2.81 bits per heavy atom. The highest BCUT2D eigenvalue weighted by molar-refractivity contribution is 5.90. The van der Waals surface area contributed by atoms with Gasteiger partial charge < -0.3 is 16.0 Å². The summed E-state index contributed by atoms with van der Waals surface area (Å²) in [6, 6.07) is -0.390. The molecule has 0 aromatic carbocycles. The van der Waals surface area contributed by atoms with Crippen LogP contribution < -0.4 is 11.1 Å². The van der Waals surface area contributed by atoms with Crippen molar-refractivity contribution in [1.82, 2.24) is 10.2 Å². The summed E-state index contributed by atoms with van der Waals surface area (Å²) in [6.07, 6.45) is 0.688. The molecule has 0 radical (unpaired) electrons. The maximum absolute atomic E-state index is 12.3. The zero-order chi connectivity index (χ0) is 12.3. The summed E-state index contributed by atoms with van der Waals surface area (Å²) in [5, 5.41) is 2.74. The number of amides is 2. The average Bonchev–Trinajstić information content (AvgIpc) is 2.31. The summed E-state index contributed by atoms with van der Waals surface area (Å²) in [5.74, 6) is -0.102. The second-order valence-electron chi connectivity index (χ2n) is 4.58. The molecule has 3 N–H and O–H groups in total. The highest BCUT2D eigenvalue weighted by Gasteiger charge is 2.38. The molecule has 0 spiro atoms. The number of hydrogen-bond donors (Lipinski definition) is 2. The molecule has 2 unspecified atom stereocenters. The Balaban J connectivity index is 2.83. The smallest absolute Gasteiger partial charge is 0.242 e. The molecule has 5 heteroatoms. The van der Waals surface area contributed by atoms with E-state index in [-0.39, 0.29) is 11.8 Å². The normalized spacial score (nSPS) is 24.9. The van der Waals surface area contributed by atoms with Crippen LogP contribution in [0.1, 0.15) is 27.2 Å². The molecule has 0 bridgehead atoms. The molecule has 1 fully saturated rings. The number of nitrogens with one attached hydrogen (secondary N) is 1. The molecule has 1 rings (SSSR count). The lowest BCUT2D eigenvalue weighted by Crippen LogP contribution is -2.59. The number of carbonyl (C=O) groups excluding carboxylic acids is 2. The summed E-state index contributed by atoms with van der Waals surface area (Å²) >= 11 is 0. The Morgan fingerprint density at radius 1 is 1.69 bits per heavy atom. The van der Waals surface area contributed by atoms with Crippen molar-refractivity contribution < 1.29 is 9.59 Å². The van der Waals surface area contributed by atoms with Crippen LogP contribution in [0.4, 0.5) is 0 Å². The number of nitrogens with two attached hydrogens (primary N) is 1. The third-order valence-electron chi connectivity index (χ3n) is 3.51. The van der Waals surface area contributed by atoms with Crippen LogP contribution in [0.5, 0.6) is 0 Å². The highest BCUT2D eigenvalue weighted by Crippen LogP contribution is 2.24. The van der Waals surface area contributed by atoms with Crippen LogP contribution in [-0.4, -0.2) is 42.4 Å². The molecule has 2 amide bonds. The molecular formula is C11H21N3O2. The standard InChI is InChI=1S/C11H21N3O2/c1-4-11(3,7-12)10(16)14-6-5-13-9(15)8(14)2/h8H,4-7,12H2,1-3H3,(H,13,15). The zero-order valence-corrected chi connectivity index (χ0v) is 10.2. The highest BCUT2D eigenvalue weighted by atomic mass is 16.2. The molecule has 2 atom stereocenters. The van der Waals surface area contributed by atoms with Gasteiger partial charge in [-0.15, -0.1) is 0 Å². The second kappa shape index (κ2) is 4.82. The number of carbonyl (C=O) groups is 2. The second-order valence-corrected chi connectivity index (χ2v) is 4.58. The maximum atomic E-state index is 12.3. The van der Waals surface area contributed by atoms with E-state index in [4.69, 9.17) is 5.73 Å². The van der Waals surface area contributed by atoms with E-state index in [0.29, 0.717) is 26.1 Å². The summed E-state index contributed by atoms with van der Waals surface area (Å²) in [4.78, 5) is 25.4. The van der Waals surface area contributed by atoms with Gasteiger partial charge in [0.2, 0.25) is 11.8 Å². The number of nitrogens with zero attached hydrogens (tertiary/aromatic N) is 1. The molecule has 92 valence electrons. The van der Waals surface area contributed by atoms with E-state index < -0.39 is 11.5 Å². The van der Waals surface area contributed by atoms with E-state index in [1.807, 2.05) is 13.8 Å². The van der Waals surface area contributed by atoms with Crippen LogP contribution in [0.3, 0.4) is 0 Å². The summed E-state index contributed by atoms with van der Waals surface area (Å²) in [5.41, 5.74) is 5.11. The van der Waals surface area contributed by atoms with Gasteiger partial charge in [0.05, 0.1) is 5.41 Å². The molecule has 0 aliphatic carbocycles. The molecule has 1 aliphatic rings. The van der Waals surface area contributed by atoms with Crippen LogP contribution in [0.25, 0.3) is 0 Å². The minimum atomic E-state index is -0.550. The van der Waals surface area contributed by atoms with Gasteiger partial charge in [-0.1, -0.05) is 6.92 Å². The van der Waals surface area contributed by atoms with E-state index in [1.54, 1.807) is 11.8 Å². The van der Waals surface area contributed by atoms with Gasteiger partial charge in [-0.25, -0.2) is 0 Å². The largest absolute Gasteiger partial charge is 0.353 e. The van der Waals surface area contributed by atoms with Crippen molar-refractivity contribution in [1.29, 1.82) is 0 Å². The Kier molecular flexibility index (Phi) is 3.91. The zero-order valence-electron chi connectivity index (χ0n) is 10.2. The third-order valence-corrected chi connectivity index (χ3v) is 3.51. The van der Waals surface area contributed by atoms with Crippen LogP contribution in [0, 0.1) is 5.41 Å². The monoisotopic (exact) mass is 227 g/mol. The Morgan fingerprint density at radius 2 is 2.31 bits per heavy atom. The van der Waals surface area contributed by atoms with Gasteiger partial charge in [0.1, 0.15) is 6.04 Å². The average molecular weight is 227 g/mol. The van der Waals surface area contributed by atoms with Crippen LogP contribution in [0.2, 0.25) is 0 Å². The number of hydrogen-bond acceptors (Lipinski definition) is 3. The maximum Gasteiger partial charge on any atom is 0.242 e. The summed E-state index contributed by atoms with van der Waals surface area (Å²) in [6.45, 7) is 6.96.